The van der Waals surface area contributed by atoms with Crippen LogP contribution in [0.2, 0.25) is 0 Å². The number of nitrogens with zero attached hydrogens (tertiary/aromatic N) is 7. The number of aromatic nitrogens is 5. The molecule has 2 bridgehead atoms. The van der Waals surface area contributed by atoms with E-state index in [4.69, 9.17) is 4.74 Å². The molecule has 3 aliphatic heterocycles. The van der Waals surface area contributed by atoms with Crippen LogP contribution in [-0.4, -0.2) is 75.3 Å². The zero-order valence-corrected chi connectivity index (χ0v) is 19.1. The Bertz CT molecular complexity index is 1280. The minimum Gasteiger partial charge on any atom is -0.480 e. The average molecular weight is 478 g/mol. The number of piperazine rings is 1. The molecule has 180 valence electrons. The van der Waals surface area contributed by atoms with E-state index in [9.17, 15) is 14.4 Å². The van der Waals surface area contributed by atoms with Crippen molar-refractivity contribution in [2.75, 3.05) is 43.6 Å². The fraction of sp³-hybridized carbons (Fsp3) is 0.391. The maximum atomic E-state index is 12.5. The average Bonchev–Trinajstić information content (AvgIpc) is 2.90. The summed E-state index contributed by atoms with van der Waals surface area (Å²) in [5.41, 5.74) is 0.976. The van der Waals surface area contributed by atoms with Crippen molar-refractivity contribution < 1.29 is 9.13 Å². The van der Waals surface area contributed by atoms with Crippen LogP contribution >= 0.6 is 0 Å². The van der Waals surface area contributed by atoms with Gasteiger partial charge >= 0.3 is 0 Å². The summed E-state index contributed by atoms with van der Waals surface area (Å²) in [4.78, 5) is 37.0. The predicted molar refractivity (Wildman–Crippen MR) is 126 cm³/mol. The minimum atomic E-state index is -0.613. The zero-order valence-electron chi connectivity index (χ0n) is 19.1. The molecule has 3 saturated heterocycles. The molecule has 0 saturated carbocycles. The molecule has 3 fully saturated rings. The molecule has 11 nitrogen and oxygen atoms in total. The summed E-state index contributed by atoms with van der Waals surface area (Å²) < 4.78 is 17.6. The molecule has 2 N–H and O–H groups in total. The number of piperidine rings is 1. The summed E-state index contributed by atoms with van der Waals surface area (Å²) in [5.74, 6) is 1.44. The number of pyridine rings is 1. The molecule has 2 atom stereocenters. The van der Waals surface area contributed by atoms with Gasteiger partial charge in [-0.15, -0.1) is 0 Å². The highest BCUT2D eigenvalue weighted by Gasteiger charge is 2.44. The van der Waals surface area contributed by atoms with Crippen molar-refractivity contribution in [3.05, 3.63) is 52.3 Å². The lowest BCUT2D eigenvalue weighted by atomic mass is 9.87. The van der Waals surface area contributed by atoms with Gasteiger partial charge in [0.05, 0.1) is 30.9 Å². The molecule has 0 radical (unpaired) electrons. The van der Waals surface area contributed by atoms with Gasteiger partial charge in [-0.3, -0.25) is 19.7 Å². The van der Waals surface area contributed by atoms with Gasteiger partial charge in [-0.25, -0.2) is 19.3 Å². The van der Waals surface area contributed by atoms with Gasteiger partial charge in [0.15, 0.2) is 0 Å². The van der Waals surface area contributed by atoms with Gasteiger partial charge in [0.2, 0.25) is 11.8 Å². The SMILES string of the molecule is COc1cnc(CN2C3CC2CN(c2ccc(-c4nc(NCCF)[nH]c(=O)c4C#N)cn2)C3)cn1. The number of methoxy groups -OCH3 is 1. The third-order valence-electron chi connectivity index (χ3n) is 6.34. The Labute approximate surface area is 200 Å². The van der Waals surface area contributed by atoms with E-state index in [2.05, 4.69) is 40.0 Å². The molecular weight excluding hydrogens is 453 g/mol. The Morgan fingerprint density at radius 1 is 1.23 bits per heavy atom. The van der Waals surface area contributed by atoms with Crippen molar-refractivity contribution in [2.45, 2.75) is 25.0 Å². The minimum absolute atomic E-state index is 0.00478. The molecule has 6 heterocycles. The number of hydrogen-bond acceptors (Lipinski definition) is 10. The lowest BCUT2D eigenvalue weighted by molar-refractivity contribution is -0.00979. The van der Waals surface area contributed by atoms with Crippen LogP contribution in [0, 0.1) is 11.3 Å². The second-order valence-electron chi connectivity index (χ2n) is 8.44. The van der Waals surface area contributed by atoms with Gasteiger partial charge in [0.1, 0.15) is 24.1 Å². The summed E-state index contributed by atoms with van der Waals surface area (Å²) >= 11 is 0. The molecule has 0 amide bonds. The first-order valence-corrected chi connectivity index (χ1v) is 11.3. The van der Waals surface area contributed by atoms with Crippen molar-refractivity contribution in [1.82, 2.24) is 29.8 Å². The summed E-state index contributed by atoms with van der Waals surface area (Å²) in [6.45, 7) is 1.83. The zero-order chi connectivity index (χ0) is 24.4. The van der Waals surface area contributed by atoms with Crippen LogP contribution in [0.25, 0.3) is 11.3 Å². The van der Waals surface area contributed by atoms with Gasteiger partial charge in [-0.1, -0.05) is 0 Å². The summed E-state index contributed by atoms with van der Waals surface area (Å²) in [7, 11) is 1.57. The van der Waals surface area contributed by atoms with Gasteiger partial charge in [-0.2, -0.15) is 5.26 Å². The molecule has 6 rings (SSSR count). The third kappa shape index (κ3) is 4.50. The highest BCUT2D eigenvalue weighted by molar-refractivity contribution is 5.67. The van der Waals surface area contributed by atoms with E-state index < -0.39 is 12.2 Å². The van der Waals surface area contributed by atoms with Crippen molar-refractivity contribution in [3.63, 3.8) is 0 Å². The van der Waals surface area contributed by atoms with E-state index >= 15 is 0 Å². The second kappa shape index (κ2) is 9.63. The third-order valence-corrected chi connectivity index (χ3v) is 6.34. The largest absolute Gasteiger partial charge is 0.480 e. The van der Waals surface area contributed by atoms with Gasteiger partial charge in [0, 0.05) is 50.0 Å². The second-order valence-corrected chi connectivity index (χ2v) is 8.44. The molecule has 0 aromatic carbocycles. The van der Waals surface area contributed by atoms with Gasteiger partial charge in [0.25, 0.3) is 5.56 Å². The normalized spacial score (nSPS) is 19.1. The van der Waals surface area contributed by atoms with E-state index in [1.165, 1.54) is 0 Å². The van der Waals surface area contributed by atoms with Crippen molar-refractivity contribution in [3.8, 4) is 23.2 Å². The Kier molecular flexibility index (Phi) is 6.24. The molecule has 3 aromatic rings. The van der Waals surface area contributed by atoms with E-state index in [0.717, 1.165) is 37.6 Å². The number of rotatable bonds is 8. The number of hydrogen-bond donors (Lipinski definition) is 2. The fourth-order valence-electron chi connectivity index (χ4n) is 4.60. The van der Waals surface area contributed by atoms with Crippen LogP contribution in [-0.2, 0) is 6.54 Å². The molecule has 12 heteroatoms. The standard InChI is InChI=1S/C23H24FN9O2/c1-35-20-10-27-15(9-29-20)11-33-16-6-17(33)13-32(12-16)19-3-2-14(8-28-19)21-18(7-25)22(34)31-23(30-21)26-5-4-24/h2-3,8-10,16-17H,4-6,11-13H2,1H3,(H2,26,30,31,34). The first-order chi connectivity index (χ1) is 17.1. The number of ether oxygens (including phenoxy) is 1. The highest BCUT2D eigenvalue weighted by Crippen LogP contribution is 2.35. The topological polar surface area (TPSA) is 136 Å². The van der Waals surface area contributed by atoms with Gasteiger partial charge in [-0.05, 0) is 18.6 Å². The number of nitrogens with one attached hydrogen (secondary N) is 2. The number of nitriles is 1. The van der Waals surface area contributed by atoms with Crippen LogP contribution in [0.5, 0.6) is 5.88 Å². The van der Waals surface area contributed by atoms with E-state index in [0.29, 0.717) is 23.5 Å². The highest BCUT2D eigenvalue weighted by atomic mass is 19.1. The van der Waals surface area contributed by atoms with Crippen molar-refractivity contribution in [1.29, 1.82) is 5.26 Å². The molecule has 35 heavy (non-hydrogen) atoms. The van der Waals surface area contributed by atoms with Crippen molar-refractivity contribution >= 4 is 11.8 Å². The van der Waals surface area contributed by atoms with Crippen LogP contribution in [0.3, 0.4) is 0 Å². The molecule has 0 aliphatic carbocycles. The Morgan fingerprint density at radius 2 is 2.06 bits per heavy atom. The number of alkyl halides is 1. The van der Waals surface area contributed by atoms with Crippen LogP contribution < -0.4 is 20.5 Å². The summed E-state index contributed by atoms with van der Waals surface area (Å²) in [6, 6.07) is 6.38. The maximum Gasteiger partial charge on any atom is 0.270 e. The molecule has 3 aromatic heterocycles. The lowest BCUT2D eigenvalue weighted by Gasteiger charge is -2.56. The Morgan fingerprint density at radius 3 is 2.69 bits per heavy atom. The van der Waals surface area contributed by atoms with E-state index in [1.54, 1.807) is 31.8 Å². The van der Waals surface area contributed by atoms with E-state index in [-0.39, 0.29) is 23.8 Å². The van der Waals surface area contributed by atoms with Crippen LogP contribution in [0.1, 0.15) is 17.7 Å². The molecule has 2 unspecified atom stereocenters. The number of H-pyrrole nitrogens is 1. The van der Waals surface area contributed by atoms with Gasteiger partial charge < -0.3 is 15.0 Å². The molecule has 0 spiro atoms. The number of anilines is 2. The summed E-state index contributed by atoms with van der Waals surface area (Å²) in [5, 5.41) is 12.1. The quantitative estimate of drug-likeness (QED) is 0.489. The first kappa shape index (κ1) is 22.7. The summed E-state index contributed by atoms with van der Waals surface area (Å²) in [6.07, 6.45) is 6.13. The number of aromatic amines is 1. The number of fused-ring (bicyclic) bond motifs is 2. The van der Waals surface area contributed by atoms with E-state index in [1.807, 2.05) is 12.1 Å². The Balaban J connectivity index is 1.28. The fourth-order valence-corrected chi connectivity index (χ4v) is 4.60. The molecular formula is C23H24FN9O2. The molecule has 3 aliphatic rings. The van der Waals surface area contributed by atoms with Crippen LogP contribution in [0.15, 0.2) is 35.5 Å². The first-order valence-electron chi connectivity index (χ1n) is 11.3. The Hall–Kier alpha value is -4.11. The monoisotopic (exact) mass is 477 g/mol. The lowest BCUT2D eigenvalue weighted by Crippen LogP contribution is -2.68. The van der Waals surface area contributed by atoms with Crippen molar-refractivity contribution in [2.24, 2.45) is 0 Å². The maximum absolute atomic E-state index is 12.5. The predicted octanol–water partition coefficient (Wildman–Crippen LogP) is 1.35. The number of halogens is 1. The smallest absolute Gasteiger partial charge is 0.270 e. The van der Waals surface area contributed by atoms with Crippen LogP contribution in [0.4, 0.5) is 16.2 Å².